The van der Waals surface area contributed by atoms with E-state index in [1.807, 2.05) is 42.8 Å². The van der Waals surface area contributed by atoms with Crippen molar-refractivity contribution >= 4 is 5.96 Å². The fraction of sp³-hybridized carbons (Fsp3) is 0.571. The maximum Gasteiger partial charge on any atom is 0.191 e. The molecule has 2 N–H and O–H groups in total. The molecule has 0 unspecified atom stereocenters. The van der Waals surface area contributed by atoms with Gasteiger partial charge in [0.25, 0.3) is 0 Å². The van der Waals surface area contributed by atoms with E-state index in [9.17, 15) is 0 Å². The molecule has 0 aliphatic heterocycles. The van der Waals surface area contributed by atoms with Gasteiger partial charge in [0, 0.05) is 26.8 Å². The summed E-state index contributed by atoms with van der Waals surface area (Å²) in [5, 5.41) is 15.0. The quantitative estimate of drug-likeness (QED) is 0.342. The summed E-state index contributed by atoms with van der Waals surface area (Å²) in [6, 6.07) is 7.95. The Morgan fingerprint density at radius 2 is 2.00 bits per heavy atom. The molecule has 1 fully saturated rings. The summed E-state index contributed by atoms with van der Waals surface area (Å²) >= 11 is 0. The number of benzene rings is 1. The van der Waals surface area contributed by atoms with Crippen molar-refractivity contribution in [2.45, 2.75) is 39.3 Å². The van der Waals surface area contributed by atoms with Gasteiger partial charge in [-0.05, 0) is 49.8 Å². The van der Waals surface area contributed by atoms with Gasteiger partial charge in [0.1, 0.15) is 11.6 Å². The Balaban J connectivity index is 1.50. The SMILES string of the molecule is COc1ccc(CN=C(NCCCOCC2CC2)NCc2nnc(C)n2C)cc1. The maximum atomic E-state index is 5.70. The van der Waals surface area contributed by atoms with Gasteiger partial charge in [-0.15, -0.1) is 10.2 Å². The average molecular weight is 401 g/mol. The minimum Gasteiger partial charge on any atom is -0.497 e. The highest BCUT2D eigenvalue weighted by molar-refractivity contribution is 5.79. The van der Waals surface area contributed by atoms with E-state index in [0.717, 1.165) is 61.0 Å². The summed E-state index contributed by atoms with van der Waals surface area (Å²) in [5.41, 5.74) is 1.12. The van der Waals surface area contributed by atoms with Crippen molar-refractivity contribution in [3.05, 3.63) is 41.5 Å². The van der Waals surface area contributed by atoms with Crippen LogP contribution in [0.2, 0.25) is 0 Å². The summed E-state index contributed by atoms with van der Waals surface area (Å²) in [5.74, 6) is 4.16. The van der Waals surface area contributed by atoms with Gasteiger partial charge in [0.2, 0.25) is 0 Å². The topological polar surface area (TPSA) is 85.6 Å². The second kappa shape index (κ2) is 10.8. The Morgan fingerprint density at radius 3 is 2.66 bits per heavy atom. The molecular weight excluding hydrogens is 368 g/mol. The highest BCUT2D eigenvalue weighted by Gasteiger charge is 2.20. The molecule has 0 amide bonds. The molecule has 1 aliphatic rings. The van der Waals surface area contributed by atoms with Crippen LogP contribution >= 0.6 is 0 Å². The lowest BCUT2D eigenvalue weighted by atomic mass is 10.2. The number of aryl methyl sites for hydroxylation is 1. The smallest absolute Gasteiger partial charge is 0.191 e. The van der Waals surface area contributed by atoms with Crippen molar-refractivity contribution < 1.29 is 9.47 Å². The molecule has 1 saturated carbocycles. The Morgan fingerprint density at radius 1 is 1.21 bits per heavy atom. The maximum absolute atomic E-state index is 5.70. The van der Waals surface area contributed by atoms with Crippen molar-refractivity contribution in [3.63, 3.8) is 0 Å². The van der Waals surface area contributed by atoms with Gasteiger partial charge < -0.3 is 24.7 Å². The monoisotopic (exact) mass is 400 g/mol. The molecule has 8 heteroatoms. The number of guanidine groups is 1. The van der Waals surface area contributed by atoms with Crippen LogP contribution in [0.3, 0.4) is 0 Å². The lowest BCUT2D eigenvalue weighted by molar-refractivity contribution is 0.123. The third-order valence-corrected chi connectivity index (χ3v) is 4.98. The lowest BCUT2D eigenvalue weighted by Crippen LogP contribution is -2.38. The fourth-order valence-electron chi connectivity index (χ4n) is 2.76. The molecule has 1 aliphatic carbocycles. The second-order valence-electron chi connectivity index (χ2n) is 7.39. The molecule has 1 aromatic carbocycles. The van der Waals surface area contributed by atoms with Crippen LogP contribution in [0.5, 0.6) is 5.75 Å². The summed E-state index contributed by atoms with van der Waals surface area (Å²) < 4.78 is 12.9. The zero-order valence-corrected chi connectivity index (χ0v) is 17.6. The van der Waals surface area contributed by atoms with Gasteiger partial charge in [-0.1, -0.05) is 12.1 Å². The molecule has 0 spiro atoms. The van der Waals surface area contributed by atoms with Crippen molar-refractivity contribution in [3.8, 4) is 5.75 Å². The average Bonchev–Trinajstić information content (AvgIpc) is 3.52. The zero-order chi connectivity index (χ0) is 20.5. The molecule has 0 bridgehead atoms. The van der Waals surface area contributed by atoms with Crippen LogP contribution in [-0.2, 0) is 24.9 Å². The van der Waals surface area contributed by atoms with E-state index in [2.05, 4.69) is 20.8 Å². The van der Waals surface area contributed by atoms with Gasteiger partial charge in [-0.3, -0.25) is 0 Å². The summed E-state index contributed by atoms with van der Waals surface area (Å²) in [7, 11) is 3.63. The van der Waals surface area contributed by atoms with Gasteiger partial charge >= 0.3 is 0 Å². The van der Waals surface area contributed by atoms with Crippen LogP contribution in [0.4, 0.5) is 0 Å². The van der Waals surface area contributed by atoms with E-state index in [-0.39, 0.29) is 0 Å². The van der Waals surface area contributed by atoms with Crippen LogP contribution in [0, 0.1) is 12.8 Å². The molecule has 158 valence electrons. The van der Waals surface area contributed by atoms with Crippen molar-refractivity contribution in [2.24, 2.45) is 18.0 Å². The van der Waals surface area contributed by atoms with Crippen molar-refractivity contribution in [1.29, 1.82) is 0 Å². The Kier molecular flexibility index (Phi) is 7.86. The Labute approximate surface area is 172 Å². The van der Waals surface area contributed by atoms with Crippen LogP contribution in [0.25, 0.3) is 0 Å². The van der Waals surface area contributed by atoms with E-state index in [0.29, 0.717) is 13.1 Å². The van der Waals surface area contributed by atoms with Crippen LogP contribution in [-0.4, -0.2) is 47.6 Å². The summed E-state index contributed by atoms with van der Waals surface area (Å²) in [6.45, 7) is 5.56. The molecule has 0 atom stereocenters. The third-order valence-electron chi connectivity index (χ3n) is 4.98. The molecule has 2 aromatic rings. The number of aliphatic imine (C=N–C) groups is 1. The first-order chi connectivity index (χ1) is 14.2. The number of nitrogens with one attached hydrogen (secondary N) is 2. The highest BCUT2D eigenvalue weighted by Crippen LogP contribution is 2.28. The fourth-order valence-corrected chi connectivity index (χ4v) is 2.76. The zero-order valence-electron chi connectivity index (χ0n) is 17.6. The Hall–Kier alpha value is -2.61. The number of aromatic nitrogens is 3. The first kappa shape index (κ1) is 21.1. The number of rotatable bonds is 11. The molecule has 29 heavy (non-hydrogen) atoms. The van der Waals surface area contributed by atoms with Gasteiger partial charge in [-0.2, -0.15) is 0 Å². The molecule has 0 radical (unpaired) electrons. The highest BCUT2D eigenvalue weighted by atomic mass is 16.5. The predicted molar refractivity (Wildman–Crippen MR) is 113 cm³/mol. The second-order valence-corrected chi connectivity index (χ2v) is 7.39. The molecule has 3 rings (SSSR count). The van der Waals surface area contributed by atoms with E-state index in [4.69, 9.17) is 14.5 Å². The van der Waals surface area contributed by atoms with Crippen molar-refractivity contribution in [2.75, 3.05) is 26.9 Å². The molecule has 1 heterocycles. The number of nitrogens with zero attached hydrogens (tertiary/aromatic N) is 4. The van der Waals surface area contributed by atoms with E-state index < -0.39 is 0 Å². The number of ether oxygens (including phenoxy) is 2. The van der Waals surface area contributed by atoms with Gasteiger partial charge in [0.15, 0.2) is 11.8 Å². The molecule has 8 nitrogen and oxygen atoms in total. The molecule has 1 aromatic heterocycles. The summed E-state index contributed by atoms with van der Waals surface area (Å²) in [4.78, 5) is 4.71. The first-order valence-electron chi connectivity index (χ1n) is 10.2. The molecule has 0 saturated heterocycles. The number of methoxy groups -OCH3 is 1. The first-order valence-corrected chi connectivity index (χ1v) is 10.2. The lowest BCUT2D eigenvalue weighted by Gasteiger charge is -2.13. The summed E-state index contributed by atoms with van der Waals surface area (Å²) in [6.07, 6.45) is 3.59. The number of hydrogen-bond donors (Lipinski definition) is 2. The standard InChI is InChI=1S/C21H32N6O2/c1-16-25-26-20(27(16)2)14-24-21(22-11-4-12-29-15-18-5-6-18)23-13-17-7-9-19(28-3)10-8-17/h7-10,18H,4-6,11-15H2,1-3H3,(H2,22,23,24). The Bertz CT molecular complexity index is 783. The minimum absolute atomic E-state index is 0.559. The van der Waals surface area contributed by atoms with E-state index >= 15 is 0 Å². The van der Waals surface area contributed by atoms with Crippen LogP contribution in [0.1, 0.15) is 36.5 Å². The van der Waals surface area contributed by atoms with Crippen molar-refractivity contribution in [1.82, 2.24) is 25.4 Å². The molecular formula is C21H32N6O2. The van der Waals surface area contributed by atoms with E-state index in [1.165, 1.54) is 12.8 Å². The van der Waals surface area contributed by atoms with Gasteiger partial charge in [-0.25, -0.2) is 4.99 Å². The third kappa shape index (κ3) is 7.05. The van der Waals surface area contributed by atoms with Crippen LogP contribution in [0.15, 0.2) is 29.3 Å². The normalized spacial score (nSPS) is 14.1. The number of hydrogen-bond acceptors (Lipinski definition) is 5. The van der Waals surface area contributed by atoms with E-state index in [1.54, 1.807) is 7.11 Å². The van der Waals surface area contributed by atoms with Crippen LogP contribution < -0.4 is 15.4 Å². The minimum atomic E-state index is 0.559. The largest absolute Gasteiger partial charge is 0.497 e. The van der Waals surface area contributed by atoms with Gasteiger partial charge in [0.05, 0.1) is 20.2 Å². The predicted octanol–water partition coefficient (Wildman–Crippen LogP) is 2.18.